The van der Waals surface area contributed by atoms with E-state index < -0.39 is 29.3 Å². The van der Waals surface area contributed by atoms with Crippen LogP contribution in [0.1, 0.15) is 31.8 Å². The van der Waals surface area contributed by atoms with Crippen LogP contribution in [-0.2, 0) is 19.1 Å². The highest BCUT2D eigenvalue weighted by Gasteiger charge is 2.38. The number of methoxy groups -OCH3 is 2. The number of anilines is 1. The molecular weight excluding hydrogens is 494 g/mol. The first-order valence-electron chi connectivity index (χ1n) is 9.60. The third-order valence-electron chi connectivity index (χ3n) is 5.23. The van der Waals surface area contributed by atoms with Gasteiger partial charge in [-0.3, -0.25) is 9.59 Å². The Bertz CT molecular complexity index is 1340. The van der Waals surface area contributed by atoms with Crippen molar-refractivity contribution in [1.29, 1.82) is 0 Å². The third-order valence-corrected chi connectivity index (χ3v) is 5.84. The molecule has 2 aromatic carbocycles. The molecule has 0 bridgehead atoms. The van der Waals surface area contributed by atoms with E-state index in [9.17, 15) is 24.3 Å². The second-order valence-electron chi connectivity index (χ2n) is 7.00. The van der Waals surface area contributed by atoms with E-state index in [1.807, 2.05) is 0 Å². The number of carbonyl (C=O) groups is 4. The van der Waals surface area contributed by atoms with Crippen LogP contribution in [0.15, 0.2) is 70.5 Å². The molecular formula is C24H16BrNO7. The predicted molar refractivity (Wildman–Crippen MR) is 121 cm³/mol. The van der Waals surface area contributed by atoms with Gasteiger partial charge in [0.05, 0.1) is 36.6 Å². The molecule has 2 aromatic rings. The average Bonchev–Trinajstić information content (AvgIpc) is 3.04. The van der Waals surface area contributed by atoms with Crippen LogP contribution in [0.3, 0.4) is 0 Å². The molecule has 2 aliphatic rings. The molecule has 0 saturated heterocycles. The van der Waals surface area contributed by atoms with Crippen LogP contribution in [0.2, 0.25) is 0 Å². The molecule has 0 atom stereocenters. The minimum Gasteiger partial charge on any atom is -0.507 e. The Balaban J connectivity index is 2.08. The van der Waals surface area contributed by atoms with E-state index in [1.165, 1.54) is 47.5 Å². The Morgan fingerprint density at radius 2 is 1.55 bits per heavy atom. The molecule has 0 saturated carbocycles. The second kappa shape index (κ2) is 8.51. The van der Waals surface area contributed by atoms with Gasteiger partial charge >= 0.3 is 11.9 Å². The van der Waals surface area contributed by atoms with Gasteiger partial charge in [0.2, 0.25) is 0 Å². The van der Waals surface area contributed by atoms with Gasteiger partial charge in [-0.05, 0) is 34.1 Å². The Morgan fingerprint density at radius 1 is 0.939 bits per heavy atom. The number of aromatic hydroxyl groups is 1. The monoisotopic (exact) mass is 509 g/mol. The fourth-order valence-corrected chi connectivity index (χ4v) is 4.40. The summed E-state index contributed by atoms with van der Waals surface area (Å²) in [5.41, 5.74) is -0.292. The zero-order chi connectivity index (χ0) is 23.9. The van der Waals surface area contributed by atoms with Gasteiger partial charge in [0.15, 0.2) is 11.6 Å². The summed E-state index contributed by atoms with van der Waals surface area (Å²) < 4.78 is 9.93. The molecule has 166 valence electrons. The maximum atomic E-state index is 13.6. The lowest BCUT2D eigenvalue weighted by molar-refractivity contribution is -0.139. The Kier molecular flexibility index (Phi) is 5.73. The molecule has 0 fully saturated rings. The van der Waals surface area contributed by atoms with Gasteiger partial charge in [-0.15, -0.1) is 0 Å². The number of carbonyl (C=O) groups excluding carboxylic acids is 4. The second-order valence-corrected chi connectivity index (χ2v) is 7.85. The number of rotatable bonds is 3. The molecule has 4 rings (SSSR count). The number of fused-ring (bicyclic) bond motifs is 2. The standard InChI is InChI=1S/C24H16BrNO7/c1-32-23(30)14-9-5-6-10-26(19(14)24(31)33-2)20-15(25)11-16(27)17-18(20)22(29)13-8-4-3-7-12(13)21(17)28/h3-11,27H,1-2H3. The number of ether oxygens (including phenoxy) is 2. The molecule has 33 heavy (non-hydrogen) atoms. The summed E-state index contributed by atoms with van der Waals surface area (Å²) in [6.45, 7) is 0. The summed E-state index contributed by atoms with van der Waals surface area (Å²) in [5, 5.41) is 10.6. The summed E-state index contributed by atoms with van der Waals surface area (Å²) in [4.78, 5) is 53.3. The van der Waals surface area contributed by atoms with Crippen molar-refractivity contribution < 1.29 is 33.8 Å². The number of halogens is 1. The Morgan fingerprint density at radius 3 is 2.15 bits per heavy atom. The van der Waals surface area contributed by atoms with Crippen LogP contribution in [0, 0.1) is 0 Å². The van der Waals surface area contributed by atoms with Crippen molar-refractivity contribution in [3.05, 3.63) is 92.8 Å². The smallest absolute Gasteiger partial charge is 0.355 e. The normalized spacial score (nSPS) is 14.6. The lowest BCUT2D eigenvalue weighted by Gasteiger charge is -2.29. The van der Waals surface area contributed by atoms with Crippen LogP contribution in [-0.4, -0.2) is 42.8 Å². The average molecular weight is 510 g/mol. The summed E-state index contributed by atoms with van der Waals surface area (Å²) in [6, 6.07) is 7.51. The van der Waals surface area contributed by atoms with E-state index in [-0.39, 0.29) is 43.7 Å². The predicted octanol–water partition coefficient (Wildman–Crippen LogP) is 3.42. The molecule has 1 aliphatic carbocycles. The van der Waals surface area contributed by atoms with Gasteiger partial charge in [-0.1, -0.05) is 30.3 Å². The summed E-state index contributed by atoms with van der Waals surface area (Å²) >= 11 is 3.34. The summed E-state index contributed by atoms with van der Waals surface area (Å²) in [6.07, 6.45) is 5.86. The summed E-state index contributed by atoms with van der Waals surface area (Å²) in [5.74, 6) is -3.16. The number of nitrogens with zero attached hydrogens (tertiary/aromatic N) is 1. The number of hydrogen-bond acceptors (Lipinski definition) is 8. The molecule has 0 radical (unpaired) electrons. The van der Waals surface area contributed by atoms with Crippen LogP contribution >= 0.6 is 15.9 Å². The largest absolute Gasteiger partial charge is 0.507 e. The molecule has 0 unspecified atom stereocenters. The highest BCUT2D eigenvalue weighted by molar-refractivity contribution is 9.10. The van der Waals surface area contributed by atoms with Crippen molar-refractivity contribution in [1.82, 2.24) is 0 Å². The van der Waals surface area contributed by atoms with E-state index in [0.29, 0.717) is 0 Å². The lowest BCUT2D eigenvalue weighted by Crippen LogP contribution is -2.30. The molecule has 0 spiro atoms. The number of phenols is 1. The molecule has 8 nitrogen and oxygen atoms in total. The SMILES string of the molecule is COC(=O)C1=C(C(=O)OC)N(c2c(Br)cc(O)c3c2C(=O)c2ccccc2C3=O)C=CC=C1. The topological polar surface area (TPSA) is 110 Å². The number of phenolic OH excluding ortho intramolecular Hbond substituents is 1. The van der Waals surface area contributed by atoms with Crippen LogP contribution in [0.5, 0.6) is 5.75 Å². The maximum Gasteiger partial charge on any atom is 0.355 e. The number of allylic oxidation sites excluding steroid dienone is 2. The minimum atomic E-state index is -0.879. The molecule has 9 heteroatoms. The zero-order valence-corrected chi connectivity index (χ0v) is 19.0. The Labute approximate surface area is 196 Å². The fraction of sp³-hybridized carbons (Fsp3) is 0.0833. The molecule has 0 amide bonds. The van der Waals surface area contributed by atoms with Gasteiger partial charge < -0.3 is 19.5 Å². The Hall–Kier alpha value is -3.98. The number of esters is 2. The maximum absolute atomic E-state index is 13.6. The number of ketones is 2. The van der Waals surface area contributed by atoms with Crippen molar-refractivity contribution >= 4 is 45.1 Å². The molecule has 1 N–H and O–H groups in total. The van der Waals surface area contributed by atoms with Gasteiger partial charge in [-0.2, -0.15) is 0 Å². The van der Waals surface area contributed by atoms with Crippen molar-refractivity contribution in [2.45, 2.75) is 0 Å². The van der Waals surface area contributed by atoms with Gasteiger partial charge in [0.25, 0.3) is 0 Å². The van der Waals surface area contributed by atoms with Gasteiger partial charge in [0, 0.05) is 21.8 Å². The van der Waals surface area contributed by atoms with Gasteiger partial charge in [-0.25, -0.2) is 9.59 Å². The van der Waals surface area contributed by atoms with Gasteiger partial charge in [0.1, 0.15) is 11.4 Å². The van der Waals surface area contributed by atoms with Crippen molar-refractivity contribution in [2.75, 3.05) is 19.1 Å². The first kappa shape index (κ1) is 22.2. The lowest BCUT2D eigenvalue weighted by atomic mass is 9.82. The first-order chi connectivity index (χ1) is 15.8. The fourth-order valence-electron chi connectivity index (χ4n) is 3.80. The van der Waals surface area contributed by atoms with E-state index in [2.05, 4.69) is 15.9 Å². The molecule has 1 heterocycles. The highest BCUT2D eigenvalue weighted by Crippen LogP contribution is 2.45. The minimum absolute atomic E-state index is 0.0809. The number of benzene rings is 2. The molecule has 0 aromatic heterocycles. The quantitative estimate of drug-likeness (QED) is 0.534. The highest BCUT2D eigenvalue weighted by atomic mass is 79.9. The zero-order valence-electron chi connectivity index (χ0n) is 17.4. The summed E-state index contributed by atoms with van der Waals surface area (Å²) in [7, 11) is 2.31. The number of hydrogen-bond donors (Lipinski definition) is 1. The first-order valence-corrected chi connectivity index (χ1v) is 10.4. The van der Waals surface area contributed by atoms with Crippen molar-refractivity contribution in [3.8, 4) is 5.75 Å². The molecule has 1 aliphatic heterocycles. The van der Waals surface area contributed by atoms with Crippen molar-refractivity contribution in [2.24, 2.45) is 0 Å². The van der Waals surface area contributed by atoms with E-state index in [1.54, 1.807) is 12.1 Å². The van der Waals surface area contributed by atoms with E-state index in [0.717, 1.165) is 14.2 Å². The van der Waals surface area contributed by atoms with Crippen molar-refractivity contribution in [3.63, 3.8) is 0 Å². The van der Waals surface area contributed by atoms with E-state index in [4.69, 9.17) is 9.47 Å². The van der Waals surface area contributed by atoms with Crippen LogP contribution in [0.4, 0.5) is 5.69 Å². The van der Waals surface area contributed by atoms with Crippen LogP contribution in [0.25, 0.3) is 0 Å². The van der Waals surface area contributed by atoms with E-state index >= 15 is 0 Å². The van der Waals surface area contributed by atoms with Crippen LogP contribution < -0.4 is 4.90 Å². The third kappa shape index (κ3) is 3.46.